The number of sulfonamides is 1. The number of aliphatic hydroxyl groups excluding tert-OH is 1. The zero-order valence-corrected chi connectivity index (χ0v) is 17.6. The van der Waals surface area contributed by atoms with Crippen molar-refractivity contribution < 1.29 is 13.5 Å². The van der Waals surface area contributed by atoms with Crippen molar-refractivity contribution in [3.05, 3.63) is 84.2 Å². The summed E-state index contributed by atoms with van der Waals surface area (Å²) in [5.74, 6) is 0.262. The van der Waals surface area contributed by atoms with Crippen LogP contribution in [0.1, 0.15) is 11.1 Å². The lowest BCUT2D eigenvalue weighted by Crippen LogP contribution is -2.45. The van der Waals surface area contributed by atoms with Crippen LogP contribution in [0.25, 0.3) is 0 Å². The van der Waals surface area contributed by atoms with Crippen molar-refractivity contribution in [2.75, 3.05) is 5.75 Å². The van der Waals surface area contributed by atoms with Gasteiger partial charge in [-0.15, -0.1) is 0 Å². The lowest BCUT2D eigenvalue weighted by Gasteiger charge is -2.24. The van der Waals surface area contributed by atoms with E-state index >= 15 is 0 Å². The quantitative estimate of drug-likeness (QED) is 0.401. The standard InChI is InChI=1S/C21H23N3O3S2/c1-16-8-10-18(11-9-16)29(26,27)24-19(14-17-6-3-2-4-7-17)20(25)15-28-21-22-12-5-13-23-21/h2-13,19-20,24-25H,14-15H2,1H3/t19-,20+/m0/s1. The number of rotatable bonds is 9. The molecule has 0 spiro atoms. The molecule has 2 atom stereocenters. The lowest BCUT2D eigenvalue weighted by atomic mass is 10.0. The monoisotopic (exact) mass is 429 g/mol. The largest absolute Gasteiger partial charge is 0.391 e. The summed E-state index contributed by atoms with van der Waals surface area (Å²) in [6, 6.07) is 17.1. The van der Waals surface area contributed by atoms with Crippen LogP contribution in [0.4, 0.5) is 0 Å². The van der Waals surface area contributed by atoms with Crippen LogP contribution in [0, 0.1) is 6.92 Å². The maximum absolute atomic E-state index is 12.9. The molecule has 0 amide bonds. The van der Waals surface area contributed by atoms with Gasteiger partial charge in [0.15, 0.2) is 5.16 Å². The molecule has 152 valence electrons. The van der Waals surface area contributed by atoms with Crippen LogP contribution in [0.15, 0.2) is 83.1 Å². The maximum atomic E-state index is 12.9. The Bertz CT molecular complexity index is 998. The molecule has 0 saturated heterocycles. The van der Waals surface area contributed by atoms with Crippen LogP contribution in [-0.4, -0.2) is 41.4 Å². The van der Waals surface area contributed by atoms with Gasteiger partial charge in [-0.2, -0.15) is 0 Å². The van der Waals surface area contributed by atoms with Crippen molar-refractivity contribution in [2.45, 2.75) is 35.5 Å². The van der Waals surface area contributed by atoms with Gasteiger partial charge in [0.2, 0.25) is 10.0 Å². The molecule has 3 aromatic rings. The van der Waals surface area contributed by atoms with Crippen molar-refractivity contribution in [1.82, 2.24) is 14.7 Å². The van der Waals surface area contributed by atoms with Gasteiger partial charge in [-0.25, -0.2) is 23.1 Å². The van der Waals surface area contributed by atoms with Crippen molar-refractivity contribution in [2.24, 2.45) is 0 Å². The Balaban J connectivity index is 1.77. The second-order valence-electron chi connectivity index (χ2n) is 6.64. The third-order valence-electron chi connectivity index (χ3n) is 4.33. The number of aromatic nitrogens is 2. The van der Waals surface area contributed by atoms with Crippen LogP contribution in [0.5, 0.6) is 0 Å². The molecule has 0 aliphatic heterocycles. The number of thioether (sulfide) groups is 1. The van der Waals surface area contributed by atoms with Gasteiger partial charge in [-0.05, 0) is 37.1 Å². The molecule has 3 rings (SSSR count). The van der Waals surface area contributed by atoms with Crippen LogP contribution >= 0.6 is 11.8 Å². The van der Waals surface area contributed by atoms with Gasteiger partial charge in [-0.3, -0.25) is 0 Å². The van der Waals surface area contributed by atoms with Gasteiger partial charge < -0.3 is 5.11 Å². The number of aliphatic hydroxyl groups is 1. The van der Waals surface area contributed by atoms with Crippen molar-refractivity contribution in [1.29, 1.82) is 0 Å². The average Bonchev–Trinajstić information content (AvgIpc) is 2.73. The summed E-state index contributed by atoms with van der Waals surface area (Å²) in [7, 11) is -3.77. The molecular formula is C21H23N3O3S2. The summed E-state index contributed by atoms with van der Waals surface area (Å²) < 4.78 is 28.4. The second-order valence-corrected chi connectivity index (χ2v) is 9.34. The van der Waals surface area contributed by atoms with Crippen LogP contribution in [0.2, 0.25) is 0 Å². The Morgan fingerprint density at radius 3 is 2.31 bits per heavy atom. The van der Waals surface area contributed by atoms with Gasteiger partial charge in [0.1, 0.15) is 0 Å². The fraction of sp³-hybridized carbons (Fsp3) is 0.238. The molecule has 2 N–H and O–H groups in total. The van der Waals surface area contributed by atoms with Gasteiger partial charge >= 0.3 is 0 Å². The smallest absolute Gasteiger partial charge is 0.240 e. The molecular weight excluding hydrogens is 406 g/mol. The summed E-state index contributed by atoms with van der Waals surface area (Å²) in [5, 5.41) is 11.3. The Labute approximate surface area is 175 Å². The van der Waals surface area contributed by atoms with Crippen molar-refractivity contribution in [3.63, 3.8) is 0 Å². The highest BCUT2D eigenvalue weighted by Gasteiger charge is 2.26. The fourth-order valence-electron chi connectivity index (χ4n) is 2.75. The molecule has 29 heavy (non-hydrogen) atoms. The van der Waals surface area contributed by atoms with Gasteiger partial charge in [-0.1, -0.05) is 59.8 Å². The zero-order chi connectivity index (χ0) is 20.7. The minimum absolute atomic E-state index is 0.174. The van der Waals surface area contributed by atoms with Crippen molar-refractivity contribution >= 4 is 21.8 Å². The summed E-state index contributed by atoms with van der Waals surface area (Å²) in [5.41, 5.74) is 1.91. The minimum atomic E-state index is -3.77. The van der Waals surface area contributed by atoms with E-state index < -0.39 is 22.2 Å². The molecule has 0 fully saturated rings. The lowest BCUT2D eigenvalue weighted by molar-refractivity contribution is 0.160. The second kappa shape index (κ2) is 9.98. The van der Waals surface area contributed by atoms with E-state index in [-0.39, 0.29) is 10.6 Å². The van der Waals surface area contributed by atoms with E-state index in [9.17, 15) is 13.5 Å². The first-order chi connectivity index (χ1) is 13.9. The van der Waals surface area contributed by atoms with E-state index in [2.05, 4.69) is 14.7 Å². The number of benzene rings is 2. The Morgan fingerprint density at radius 2 is 1.66 bits per heavy atom. The molecule has 0 aliphatic carbocycles. The number of hydrogen-bond acceptors (Lipinski definition) is 6. The van der Waals surface area contributed by atoms with E-state index in [1.165, 1.54) is 11.8 Å². The first-order valence-corrected chi connectivity index (χ1v) is 11.6. The van der Waals surface area contributed by atoms with E-state index in [1.54, 1.807) is 42.7 Å². The summed E-state index contributed by atoms with van der Waals surface area (Å²) in [6.45, 7) is 1.90. The predicted octanol–water partition coefficient (Wildman–Crippen LogP) is 2.83. The normalized spacial score (nSPS) is 13.7. The van der Waals surface area contributed by atoms with Crippen LogP contribution in [0.3, 0.4) is 0 Å². The molecule has 0 bridgehead atoms. The van der Waals surface area contributed by atoms with E-state index in [0.717, 1.165) is 11.1 Å². The van der Waals surface area contributed by atoms with Gasteiger partial charge in [0.25, 0.3) is 0 Å². The number of nitrogens with zero attached hydrogens (tertiary/aromatic N) is 2. The summed E-state index contributed by atoms with van der Waals surface area (Å²) in [4.78, 5) is 8.43. The van der Waals surface area contributed by atoms with Crippen LogP contribution < -0.4 is 4.72 Å². The Hall–Kier alpha value is -2.26. The molecule has 1 heterocycles. The molecule has 0 unspecified atom stereocenters. The molecule has 0 saturated carbocycles. The van der Waals surface area contributed by atoms with E-state index in [0.29, 0.717) is 11.6 Å². The molecule has 0 radical (unpaired) electrons. The SMILES string of the molecule is Cc1ccc(S(=O)(=O)N[C@@H](Cc2ccccc2)[C@H](O)CSc2ncccn2)cc1. The maximum Gasteiger partial charge on any atom is 0.240 e. The fourth-order valence-corrected chi connectivity index (χ4v) is 4.84. The molecule has 0 aliphatic rings. The van der Waals surface area contributed by atoms with Crippen LogP contribution in [-0.2, 0) is 16.4 Å². The Morgan fingerprint density at radius 1 is 1.00 bits per heavy atom. The molecule has 8 heteroatoms. The summed E-state index contributed by atoms with van der Waals surface area (Å²) in [6.07, 6.45) is 2.69. The zero-order valence-electron chi connectivity index (χ0n) is 16.0. The highest BCUT2D eigenvalue weighted by molar-refractivity contribution is 7.99. The van der Waals surface area contributed by atoms with E-state index in [4.69, 9.17) is 0 Å². The number of hydrogen-bond donors (Lipinski definition) is 2. The minimum Gasteiger partial charge on any atom is -0.391 e. The Kier molecular flexibility index (Phi) is 7.38. The van der Waals surface area contributed by atoms with Crippen molar-refractivity contribution in [3.8, 4) is 0 Å². The molecule has 6 nitrogen and oxygen atoms in total. The molecule has 2 aromatic carbocycles. The summed E-state index contributed by atoms with van der Waals surface area (Å²) >= 11 is 1.28. The predicted molar refractivity (Wildman–Crippen MR) is 114 cm³/mol. The van der Waals surface area contributed by atoms with E-state index in [1.807, 2.05) is 37.3 Å². The van der Waals surface area contributed by atoms with Gasteiger partial charge in [0.05, 0.1) is 17.0 Å². The first-order valence-electron chi connectivity index (χ1n) is 9.15. The van der Waals surface area contributed by atoms with Gasteiger partial charge in [0, 0.05) is 18.1 Å². The number of aryl methyl sites for hydroxylation is 1. The highest BCUT2D eigenvalue weighted by atomic mass is 32.2. The first kappa shape index (κ1) is 21.4. The molecule has 1 aromatic heterocycles. The third-order valence-corrected chi connectivity index (χ3v) is 6.81. The number of nitrogens with one attached hydrogen (secondary N) is 1. The highest BCUT2D eigenvalue weighted by Crippen LogP contribution is 2.18. The topological polar surface area (TPSA) is 92.2 Å². The third kappa shape index (κ3) is 6.37. The average molecular weight is 430 g/mol.